The van der Waals surface area contributed by atoms with Gasteiger partial charge < -0.3 is 4.74 Å². The van der Waals surface area contributed by atoms with Gasteiger partial charge in [0.1, 0.15) is 6.10 Å². The summed E-state index contributed by atoms with van der Waals surface area (Å²) in [5, 5.41) is 10.6. The Balaban J connectivity index is 2.10. The zero-order chi connectivity index (χ0) is 13.8. The van der Waals surface area contributed by atoms with Crippen LogP contribution < -0.4 is 0 Å². The van der Waals surface area contributed by atoms with Gasteiger partial charge in [-0.1, -0.05) is 6.42 Å². The van der Waals surface area contributed by atoms with Crippen LogP contribution in [0.4, 0.5) is 10.1 Å². The van der Waals surface area contributed by atoms with Crippen LogP contribution in [0.5, 0.6) is 0 Å². The average molecular weight is 267 g/mol. The van der Waals surface area contributed by atoms with Crippen LogP contribution in [0.2, 0.25) is 0 Å². The van der Waals surface area contributed by atoms with Crippen LogP contribution in [0.15, 0.2) is 18.2 Å². The molecule has 0 radical (unpaired) electrons. The fourth-order valence-corrected chi connectivity index (χ4v) is 2.18. The zero-order valence-electron chi connectivity index (χ0n) is 10.3. The molecule has 0 saturated heterocycles. The smallest absolute Gasteiger partial charge is 0.338 e. The van der Waals surface area contributed by atoms with Gasteiger partial charge in [0, 0.05) is 6.07 Å². The maximum Gasteiger partial charge on any atom is 0.338 e. The summed E-state index contributed by atoms with van der Waals surface area (Å²) in [5.74, 6) is -1.59. The Hall–Kier alpha value is -1.98. The van der Waals surface area contributed by atoms with Gasteiger partial charge in [-0.25, -0.2) is 4.79 Å². The van der Waals surface area contributed by atoms with Gasteiger partial charge in [-0.15, -0.1) is 0 Å². The number of esters is 1. The first-order valence-electron chi connectivity index (χ1n) is 6.23. The minimum Gasteiger partial charge on any atom is -0.459 e. The number of hydrogen-bond acceptors (Lipinski definition) is 4. The lowest BCUT2D eigenvalue weighted by molar-refractivity contribution is -0.387. The minimum atomic E-state index is -0.959. The molecule has 0 spiro atoms. The van der Waals surface area contributed by atoms with Crippen LogP contribution in [0, 0.1) is 15.9 Å². The second-order valence-electron chi connectivity index (χ2n) is 4.59. The molecule has 1 aliphatic carbocycles. The van der Waals surface area contributed by atoms with Gasteiger partial charge in [-0.05, 0) is 37.8 Å². The van der Waals surface area contributed by atoms with Crippen molar-refractivity contribution in [2.24, 2.45) is 0 Å². The summed E-state index contributed by atoms with van der Waals surface area (Å²) in [6, 6.07) is 3.03. The topological polar surface area (TPSA) is 69.4 Å². The van der Waals surface area contributed by atoms with Gasteiger partial charge in [0.05, 0.1) is 10.5 Å². The van der Waals surface area contributed by atoms with Crippen molar-refractivity contribution in [2.45, 2.75) is 38.2 Å². The molecule has 1 aliphatic rings. The number of nitrogens with zero attached hydrogens (tertiary/aromatic N) is 1. The van der Waals surface area contributed by atoms with Crippen LogP contribution in [-0.4, -0.2) is 17.0 Å². The molecule has 0 N–H and O–H groups in total. The van der Waals surface area contributed by atoms with Gasteiger partial charge in [0.25, 0.3) is 0 Å². The van der Waals surface area contributed by atoms with Crippen molar-refractivity contribution in [1.29, 1.82) is 0 Å². The van der Waals surface area contributed by atoms with E-state index in [-0.39, 0.29) is 11.7 Å². The molecule has 19 heavy (non-hydrogen) atoms. The predicted octanol–water partition coefficient (Wildman–Crippen LogP) is 3.22. The molecule has 1 saturated carbocycles. The van der Waals surface area contributed by atoms with E-state index in [0.29, 0.717) is 0 Å². The van der Waals surface area contributed by atoms with Crippen LogP contribution in [0.3, 0.4) is 0 Å². The Morgan fingerprint density at radius 1 is 1.32 bits per heavy atom. The molecule has 1 fully saturated rings. The van der Waals surface area contributed by atoms with E-state index >= 15 is 0 Å². The highest BCUT2D eigenvalue weighted by Gasteiger charge is 2.22. The third-order valence-electron chi connectivity index (χ3n) is 3.20. The molecule has 2 rings (SSSR count). The number of halogens is 1. The average Bonchev–Trinajstić information content (AvgIpc) is 2.40. The number of ether oxygens (including phenoxy) is 1. The summed E-state index contributed by atoms with van der Waals surface area (Å²) in [7, 11) is 0. The van der Waals surface area contributed by atoms with Crippen LogP contribution in [0.25, 0.3) is 0 Å². The molecule has 0 bridgehead atoms. The first-order valence-corrected chi connectivity index (χ1v) is 6.23. The van der Waals surface area contributed by atoms with Gasteiger partial charge >= 0.3 is 11.7 Å². The molecule has 5 nitrogen and oxygen atoms in total. The number of carbonyl (C=O) groups is 1. The van der Waals surface area contributed by atoms with Crippen LogP contribution in [-0.2, 0) is 4.74 Å². The largest absolute Gasteiger partial charge is 0.459 e. The second kappa shape index (κ2) is 5.77. The second-order valence-corrected chi connectivity index (χ2v) is 4.59. The monoisotopic (exact) mass is 267 g/mol. The predicted molar refractivity (Wildman–Crippen MR) is 65.3 cm³/mol. The van der Waals surface area contributed by atoms with Crippen molar-refractivity contribution in [2.75, 3.05) is 0 Å². The van der Waals surface area contributed by atoms with E-state index in [4.69, 9.17) is 4.74 Å². The lowest BCUT2D eigenvalue weighted by Crippen LogP contribution is -2.21. The number of hydrogen-bond donors (Lipinski definition) is 0. The van der Waals surface area contributed by atoms with E-state index in [9.17, 15) is 19.3 Å². The number of carbonyl (C=O) groups excluding carboxylic acids is 1. The molecule has 1 aromatic rings. The highest BCUT2D eigenvalue weighted by molar-refractivity contribution is 5.90. The molecule has 0 atom stereocenters. The molecular weight excluding hydrogens is 253 g/mol. The fraction of sp³-hybridized carbons (Fsp3) is 0.462. The Morgan fingerprint density at radius 2 is 2.00 bits per heavy atom. The quantitative estimate of drug-likeness (QED) is 0.479. The van der Waals surface area contributed by atoms with E-state index in [1.54, 1.807) is 0 Å². The summed E-state index contributed by atoms with van der Waals surface area (Å²) in [4.78, 5) is 21.6. The van der Waals surface area contributed by atoms with E-state index in [1.807, 2.05) is 0 Å². The summed E-state index contributed by atoms with van der Waals surface area (Å²) in [5.41, 5.74) is -0.697. The summed E-state index contributed by atoms with van der Waals surface area (Å²) in [6.45, 7) is 0. The van der Waals surface area contributed by atoms with Crippen molar-refractivity contribution in [3.8, 4) is 0 Å². The molecule has 0 amide bonds. The molecule has 0 unspecified atom stereocenters. The normalized spacial score (nSPS) is 16.1. The van der Waals surface area contributed by atoms with Gasteiger partial charge in [-0.3, -0.25) is 10.1 Å². The number of benzene rings is 1. The Labute approximate surface area is 109 Å². The maximum absolute atomic E-state index is 13.1. The van der Waals surface area contributed by atoms with E-state index in [0.717, 1.165) is 44.2 Å². The highest BCUT2D eigenvalue weighted by Crippen LogP contribution is 2.23. The van der Waals surface area contributed by atoms with Crippen molar-refractivity contribution in [3.63, 3.8) is 0 Å². The van der Waals surface area contributed by atoms with E-state index in [2.05, 4.69) is 0 Å². The van der Waals surface area contributed by atoms with Crippen molar-refractivity contribution >= 4 is 11.7 Å². The standard InChI is InChI=1S/C13H14FNO4/c14-11-7-6-9(8-12(11)15(17)18)13(16)19-10-4-2-1-3-5-10/h6-8,10H,1-5H2. The summed E-state index contributed by atoms with van der Waals surface area (Å²) in [6.07, 6.45) is 4.66. The Kier molecular flexibility index (Phi) is 4.09. The van der Waals surface area contributed by atoms with Crippen LogP contribution >= 0.6 is 0 Å². The first-order chi connectivity index (χ1) is 9.08. The molecule has 6 heteroatoms. The van der Waals surface area contributed by atoms with Gasteiger partial charge in [0.15, 0.2) is 0 Å². The lowest BCUT2D eigenvalue weighted by atomic mass is 9.98. The van der Waals surface area contributed by atoms with Crippen LogP contribution in [0.1, 0.15) is 42.5 Å². The molecule has 102 valence electrons. The maximum atomic E-state index is 13.1. The minimum absolute atomic E-state index is 0.0127. The van der Waals surface area contributed by atoms with Crippen molar-refractivity contribution in [1.82, 2.24) is 0 Å². The van der Waals surface area contributed by atoms with Gasteiger partial charge in [-0.2, -0.15) is 4.39 Å². The third-order valence-corrected chi connectivity index (χ3v) is 3.20. The number of nitro benzene ring substituents is 1. The lowest BCUT2D eigenvalue weighted by Gasteiger charge is -2.21. The zero-order valence-corrected chi connectivity index (χ0v) is 10.3. The Bertz CT molecular complexity index is 497. The van der Waals surface area contributed by atoms with Crippen molar-refractivity contribution in [3.05, 3.63) is 39.7 Å². The molecule has 1 aromatic carbocycles. The fourth-order valence-electron chi connectivity index (χ4n) is 2.18. The molecule has 0 aromatic heterocycles. The summed E-state index contributed by atoms with van der Waals surface area (Å²) >= 11 is 0. The summed E-state index contributed by atoms with van der Waals surface area (Å²) < 4.78 is 18.4. The van der Waals surface area contributed by atoms with E-state index < -0.39 is 22.4 Å². The number of rotatable bonds is 3. The Morgan fingerprint density at radius 3 is 2.63 bits per heavy atom. The molecule has 0 heterocycles. The number of nitro groups is 1. The third kappa shape index (κ3) is 3.27. The highest BCUT2D eigenvalue weighted by atomic mass is 19.1. The molecule has 0 aliphatic heterocycles. The molecular formula is C13H14FNO4. The first kappa shape index (κ1) is 13.5. The van der Waals surface area contributed by atoms with Gasteiger partial charge in [0.2, 0.25) is 5.82 Å². The van der Waals surface area contributed by atoms with E-state index in [1.165, 1.54) is 6.07 Å². The van der Waals surface area contributed by atoms with Crippen molar-refractivity contribution < 1.29 is 18.8 Å². The SMILES string of the molecule is O=C(OC1CCCCC1)c1ccc(F)c([N+](=O)[O-])c1.